The summed E-state index contributed by atoms with van der Waals surface area (Å²) >= 11 is 0. The Balaban J connectivity index is 1.29. The van der Waals surface area contributed by atoms with E-state index >= 15 is 0 Å². The molecule has 5 aliphatic carbocycles. The molecular weight excluding hydrogens is 478 g/mol. The number of hydrogen-bond donors (Lipinski definition) is 2. The molecule has 6 rings (SSSR count). The Morgan fingerprint density at radius 2 is 1.73 bits per heavy atom. The molecule has 4 saturated carbocycles. The van der Waals surface area contributed by atoms with E-state index in [1.807, 2.05) is 6.07 Å². The fourth-order valence-corrected chi connectivity index (χ4v) is 11.5. The van der Waals surface area contributed by atoms with Gasteiger partial charge in [-0.2, -0.15) is 0 Å². The van der Waals surface area contributed by atoms with Crippen molar-refractivity contribution < 1.29 is 14.1 Å². The van der Waals surface area contributed by atoms with E-state index < -0.39 is 22.4 Å². The van der Waals surface area contributed by atoms with Crippen molar-refractivity contribution in [3.8, 4) is 0 Å². The van der Waals surface area contributed by atoms with Gasteiger partial charge in [0.25, 0.3) is 0 Å². The zero-order valence-electron chi connectivity index (χ0n) is 23.1. The Hall–Kier alpha value is -1.62. The van der Waals surface area contributed by atoms with Gasteiger partial charge in [-0.1, -0.05) is 45.4 Å². The zero-order valence-corrected chi connectivity index (χ0v) is 23.9. The largest absolute Gasteiger partial charge is 0.481 e. The lowest BCUT2D eigenvalue weighted by Gasteiger charge is -2.64. The van der Waals surface area contributed by atoms with Gasteiger partial charge in [0, 0.05) is 11.9 Å². The number of carboxylic acids is 1. The van der Waals surface area contributed by atoms with Gasteiger partial charge in [0.1, 0.15) is 11.0 Å². The molecule has 0 bridgehead atoms. The van der Waals surface area contributed by atoms with E-state index in [1.54, 1.807) is 6.26 Å². The van der Waals surface area contributed by atoms with Crippen LogP contribution in [0.5, 0.6) is 0 Å². The number of carbonyl (C=O) groups is 1. The van der Waals surface area contributed by atoms with Gasteiger partial charge < -0.3 is 9.83 Å². The van der Waals surface area contributed by atoms with Crippen molar-refractivity contribution in [2.24, 2.45) is 51.8 Å². The average Bonchev–Trinajstić information content (AvgIpc) is 3.29. The van der Waals surface area contributed by atoms with Crippen LogP contribution in [-0.2, 0) is 15.8 Å². The van der Waals surface area contributed by atoms with Crippen LogP contribution in [0.2, 0.25) is 0 Å². The maximum atomic E-state index is 12.4. The van der Waals surface area contributed by atoms with Crippen molar-refractivity contribution in [1.82, 2.24) is 0 Å². The highest BCUT2D eigenvalue weighted by atomic mass is 32.2. The fourth-order valence-electron chi connectivity index (χ4n) is 11.0. The summed E-state index contributed by atoms with van der Waals surface area (Å²) in [5.41, 5.74) is 3.60. The molecule has 7 unspecified atom stereocenters. The molecule has 5 aliphatic rings. The van der Waals surface area contributed by atoms with Gasteiger partial charge in [-0.25, -0.2) is 4.21 Å². The van der Waals surface area contributed by atoms with Crippen LogP contribution in [-0.4, -0.2) is 21.5 Å². The summed E-state index contributed by atoms with van der Waals surface area (Å²) in [5, 5.41) is 10.2. The number of aliphatic carboxylic acids is 1. The van der Waals surface area contributed by atoms with Crippen LogP contribution in [0.15, 0.2) is 30.3 Å². The molecule has 1 aromatic rings. The van der Waals surface area contributed by atoms with Crippen LogP contribution >= 0.6 is 0 Å². The molecule has 1 aromatic carbocycles. The molecule has 202 valence electrons. The number of rotatable bonds is 4. The van der Waals surface area contributed by atoms with Crippen LogP contribution in [0.1, 0.15) is 90.5 Å². The summed E-state index contributed by atoms with van der Waals surface area (Å²) in [5.74, 6) is 3.45. The van der Waals surface area contributed by atoms with Crippen molar-refractivity contribution >= 4 is 28.2 Å². The number of nitrogens with one attached hydrogen (secondary N) is 1. The summed E-state index contributed by atoms with van der Waals surface area (Å²) in [6.07, 6.45) is 15.7. The minimum atomic E-state index is -1.08. The van der Waals surface area contributed by atoms with E-state index in [2.05, 4.69) is 49.8 Å². The van der Waals surface area contributed by atoms with E-state index in [0.29, 0.717) is 23.2 Å². The molecule has 5 heteroatoms. The second kappa shape index (κ2) is 8.96. The third-order valence-electron chi connectivity index (χ3n) is 12.3. The number of benzene rings is 1. The van der Waals surface area contributed by atoms with Gasteiger partial charge in [-0.05, 0) is 127 Å². The first-order valence-corrected chi connectivity index (χ1v) is 16.3. The van der Waals surface area contributed by atoms with Crippen LogP contribution in [0.3, 0.4) is 0 Å². The first-order chi connectivity index (χ1) is 17.6. The van der Waals surface area contributed by atoms with Crippen LogP contribution in [0, 0.1) is 51.8 Å². The van der Waals surface area contributed by atoms with Gasteiger partial charge >= 0.3 is 5.97 Å². The molecule has 4 fully saturated rings. The smallest absolute Gasteiger partial charge is 0.309 e. The Bertz CT molecular complexity index is 1140. The molecule has 9 atom stereocenters. The van der Waals surface area contributed by atoms with E-state index in [0.717, 1.165) is 62.0 Å². The molecule has 0 saturated heterocycles. The van der Waals surface area contributed by atoms with E-state index in [9.17, 15) is 14.1 Å². The molecule has 0 aromatic heterocycles. The molecule has 4 nitrogen and oxygen atoms in total. The summed E-state index contributed by atoms with van der Waals surface area (Å²) in [6.45, 7) is 7.53. The van der Waals surface area contributed by atoms with Crippen molar-refractivity contribution in [2.45, 2.75) is 85.0 Å². The lowest BCUT2D eigenvalue weighted by Crippen LogP contribution is -2.57. The number of hydrogen-bond acceptors (Lipinski definition) is 2. The van der Waals surface area contributed by atoms with E-state index in [-0.39, 0.29) is 5.41 Å². The maximum absolute atomic E-state index is 12.4. The fraction of sp³-hybridized carbons (Fsp3) is 0.719. The molecular formula is C32H45NO3S. The van der Waals surface area contributed by atoms with Gasteiger partial charge in [-0.3, -0.25) is 4.79 Å². The molecule has 0 radical (unpaired) electrons. The molecule has 0 spiro atoms. The number of allylic oxidation sites excluding steroid dienone is 2. The van der Waals surface area contributed by atoms with Gasteiger partial charge in [0.15, 0.2) is 0 Å². The second-order valence-corrected chi connectivity index (χ2v) is 15.1. The number of anilines is 1. The Morgan fingerprint density at radius 1 is 0.973 bits per heavy atom. The molecule has 37 heavy (non-hydrogen) atoms. The molecule has 2 N–H and O–H groups in total. The minimum absolute atomic E-state index is 0.0787. The van der Waals surface area contributed by atoms with Crippen molar-refractivity contribution in [3.05, 3.63) is 35.9 Å². The number of carboxylic acid groups (broad SMARTS) is 1. The molecule has 0 heterocycles. The average molecular weight is 524 g/mol. The molecule has 0 aliphatic heterocycles. The second-order valence-electron chi connectivity index (χ2n) is 14.0. The standard InChI is InChI=1S/C32H45NO3S/c1-30(2)25(20-7-5-8-21(19-20)33-37(4)36)15-17-31(3)26-12-10-24-22(23(26)11-13-28(30)31)14-18-32(29(34)35)16-6-9-27(24)32/h5,7-8,15,19,22-24,26-28,33H,6,9-14,16-18H2,1-4H3,(H,34,35)/t22?,23?,24?,26?,27?,28?,31-,32+,37?/m1/s1. The van der Waals surface area contributed by atoms with Crippen molar-refractivity contribution in [2.75, 3.05) is 11.0 Å². The predicted octanol–water partition coefficient (Wildman–Crippen LogP) is 7.55. The summed E-state index contributed by atoms with van der Waals surface area (Å²) in [7, 11) is -1.08. The highest BCUT2D eigenvalue weighted by Gasteiger charge is 2.63. The summed E-state index contributed by atoms with van der Waals surface area (Å²) < 4.78 is 14.8. The Morgan fingerprint density at radius 3 is 2.49 bits per heavy atom. The summed E-state index contributed by atoms with van der Waals surface area (Å²) in [4.78, 5) is 12.4. The SMILES string of the molecule is CS(=O)Nc1cccc(C2=CC[C@]3(C)C4CCC5C(CC[C@@]6(C(=O)O)CCCC56)C4CCC3C2(C)C)c1. The van der Waals surface area contributed by atoms with Crippen LogP contribution < -0.4 is 4.72 Å². The van der Waals surface area contributed by atoms with E-state index in [1.165, 1.54) is 36.8 Å². The lowest BCUT2D eigenvalue weighted by atomic mass is 9.40. The Labute approximate surface area is 225 Å². The van der Waals surface area contributed by atoms with Crippen LogP contribution in [0.4, 0.5) is 5.69 Å². The Kier molecular flexibility index (Phi) is 6.21. The normalized spacial score (nSPS) is 42.9. The topological polar surface area (TPSA) is 66.4 Å². The lowest BCUT2D eigenvalue weighted by molar-refractivity contribution is -0.166. The van der Waals surface area contributed by atoms with Gasteiger partial charge in [-0.15, -0.1) is 0 Å². The third-order valence-corrected chi connectivity index (χ3v) is 12.8. The first-order valence-electron chi connectivity index (χ1n) is 14.7. The van der Waals surface area contributed by atoms with E-state index in [4.69, 9.17) is 0 Å². The minimum Gasteiger partial charge on any atom is -0.481 e. The first kappa shape index (κ1) is 25.6. The monoisotopic (exact) mass is 523 g/mol. The van der Waals surface area contributed by atoms with Gasteiger partial charge in [0.05, 0.1) is 5.41 Å². The third kappa shape index (κ3) is 3.80. The quantitative estimate of drug-likeness (QED) is 0.428. The maximum Gasteiger partial charge on any atom is 0.309 e. The highest BCUT2D eigenvalue weighted by Crippen LogP contribution is 2.69. The van der Waals surface area contributed by atoms with Crippen LogP contribution in [0.25, 0.3) is 5.57 Å². The summed E-state index contributed by atoms with van der Waals surface area (Å²) in [6, 6.07) is 8.47. The number of fused-ring (bicyclic) bond motifs is 7. The van der Waals surface area contributed by atoms with Crippen molar-refractivity contribution in [1.29, 1.82) is 0 Å². The van der Waals surface area contributed by atoms with Crippen molar-refractivity contribution in [3.63, 3.8) is 0 Å². The zero-order chi connectivity index (χ0) is 26.2. The highest BCUT2D eigenvalue weighted by molar-refractivity contribution is 7.85. The molecule has 0 amide bonds. The predicted molar refractivity (Wildman–Crippen MR) is 151 cm³/mol. The van der Waals surface area contributed by atoms with Gasteiger partial charge in [0.2, 0.25) is 0 Å².